The third kappa shape index (κ3) is 2.43. The molecular formula is C12H14N2O3. The normalized spacial score (nSPS) is 23.3. The summed E-state index contributed by atoms with van der Waals surface area (Å²) in [7, 11) is 0. The van der Waals surface area contributed by atoms with Gasteiger partial charge in [-0.3, -0.25) is 14.9 Å². The second-order valence-electron chi connectivity index (χ2n) is 4.28. The fourth-order valence-corrected chi connectivity index (χ4v) is 2.51. The zero-order valence-electron chi connectivity index (χ0n) is 9.33. The Morgan fingerprint density at radius 3 is 2.94 bits per heavy atom. The minimum absolute atomic E-state index is 0.106. The Labute approximate surface area is 99.0 Å². The van der Waals surface area contributed by atoms with E-state index in [9.17, 15) is 14.9 Å². The molecule has 0 heterocycles. The van der Waals surface area contributed by atoms with Crippen molar-refractivity contribution in [2.75, 3.05) is 0 Å². The topological polar surface area (TPSA) is 72.2 Å². The average molecular weight is 234 g/mol. The summed E-state index contributed by atoms with van der Waals surface area (Å²) >= 11 is 0. The lowest BCUT2D eigenvalue weighted by Gasteiger charge is -2.18. The maximum absolute atomic E-state index is 10.7. The van der Waals surface area contributed by atoms with E-state index in [-0.39, 0.29) is 22.6 Å². The summed E-state index contributed by atoms with van der Waals surface area (Å²) in [6.07, 6.45) is 3.65. The highest BCUT2D eigenvalue weighted by Crippen LogP contribution is 2.35. The minimum atomic E-state index is -0.388. The van der Waals surface area contributed by atoms with Crippen molar-refractivity contribution in [1.82, 2.24) is 5.32 Å². The Balaban J connectivity index is 2.23. The highest BCUT2D eigenvalue weighted by molar-refractivity contribution is 5.48. The Kier molecular flexibility index (Phi) is 3.37. The molecule has 0 aliphatic heterocycles. The molecule has 5 nitrogen and oxygen atoms in total. The van der Waals surface area contributed by atoms with E-state index < -0.39 is 0 Å². The quantitative estimate of drug-likeness (QED) is 0.492. The van der Waals surface area contributed by atoms with Crippen LogP contribution in [0.2, 0.25) is 0 Å². The van der Waals surface area contributed by atoms with Crippen LogP contribution in [0.4, 0.5) is 5.69 Å². The summed E-state index contributed by atoms with van der Waals surface area (Å²) in [5.41, 5.74) is 1.05. The van der Waals surface area contributed by atoms with E-state index in [0.717, 1.165) is 24.8 Å². The van der Waals surface area contributed by atoms with E-state index in [1.165, 1.54) is 6.07 Å². The molecule has 1 N–H and O–H groups in total. The Morgan fingerprint density at radius 1 is 1.41 bits per heavy atom. The number of hydrogen-bond acceptors (Lipinski definition) is 3. The Bertz CT molecular complexity index is 434. The van der Waals surface area contributed by atoms with Gasteiger partial charge in [-0.25, -0.2) is 0 Å². The van der Waals surface area contributed by atoms with Crippen molar-refractivity contribution in [3.63, 3.8) is 0 Å². The zero-order chi connectivity index (χ0) is 12.3. The van der Waals surface area contributed by atoms with Crippen LogP contribution in [0.5, 0.6) is 0 Å². The molecule has 1 aliphatic carbocycles. The first-order valence-corrected chi connectivity index (χ1v) is 5.66. The average Bonchev–Trinajstić information content (AvgIpc) is 2.78. The van der Waals surface area contributed by atoms with E-state index in [1.54, 1.807) is 12.1 Å². The number of benzene rings is 1. The van der Waals surface area contributed by atoms with Gasteiger partial charge in [0.2, 0.25) is 6.41 Å². The highest BCUT2D eigenvalue weighted by atomic mass is 16.6. The largest absolute Gasteiger partial charge is 0.355 e. The molecule has 90 valence electrons. The molecule has 2 atom stereocenters. The fraction of sp³-hybridized carbons (Fsp3) is 0.417. The second kappa shape index (κ2) is 4.95. The van der Waals surface area contributed by atoms with E-state index in [1.807, 2.05) is 6.07 Å². The van der Waals surface area contributed by atoms with Gasteiger partial charge in [0.05, 0.1) is 4.92 Å². The SMILES string of the molecule is O=CN[C@@H]1CCC[C@H]1c1cccc([N+](=O)[O-])c1. The maximum Gasteiger partial charge on any atom is 0.269 e. The van der Waals surface area contributed by atoms with Crippen LogP contribution in [0.3, 0.4) is 0 Å². The van der Waals surface area contributed by atoms with Crippen molar-refractivity contribution in [2.45, 2.75) is 31.2 Å². The van der Waals surface area contributed by atoms with Gasteiger partial charge >= 0.3 is 0 Å². The maximum atomic E-state index is 10.7. The van der Waals surface area contributed by atoms with Gasteiger partial charge in [-0.2, -0.15) is 0 Å². The van der Waals surface area contributed by atoms with Gasteiger partial charge in [-0.05, 0) is 18.4 Å². The minimum Gasteiger partial charge on any atom is -0.355 e. The number of carbonyl (C=O) groups is 1. The lowest BCUT2D eigenvalue weighted by Crippen LogP contribution is -2.29. The summed E-state index contributed by atoms with van der Waals surface area (Å²) in [5, 5.41) is 13.5. The molecule has 0 spiro atoms. The highest BCUT2D eigenvalue weighted by Gasteiger charge is 2.28. The van der Waals surface area contributed by atoms with Crippen LogP contribution in [0, 0.1) is 10.1 Å². The van der Waals surface area contributed by atoms with Crippen molar-refractivity contribution in [1.29, 1.82) is 0 Å². The molecule has 1 aromatic carbocycles. The molecule has 0 unspecified atom stereocenters. The lowest BCUT2D eigenvalue weighted by molar-refractivity contribution is -0.384. The van der Waals surface area contributed by atoms with Crippen LogP contribution in [-0.4, -0.2) is 17.4 Å². The zero-order valence-corrected chi connectivity index (χ0v) is 9.33. The molecule has 1 amide bonds. The van der Waals surface area contributed by atoms with Gasteiger partial charge in [-0.15, -0.1) is 0 Å². The number of nitrogens with zero attached hydrogens (tertiary/aromatic N) is 1. The molecule has 0 bridgehead atoms. The molecule has 17 heavy (non-hydrogen) atoms. The predicted molar refractivity (Wildman–Crippen MR) is 62.7 cm³/mol. The fourth-order valence-electron chi connectivity index (χ4n) is 2.51. The van der Waals surface area contributed by atoms with Gasteiger partial charge in [0.15, 0.2) is 0 Å². The van der Waals surface area contributed by atoms with Crippen LogP contribution < -0.4 is 5.32 Å². The van der Waals surface area contributed by atoms with Crippen LogP contribution in [0.15, 0.2) is 24.3 Å². The molecule has 1 aromatic rings. The van der Waals surface area contributed by atoms with Gasteiger partial charge in [-0.1, -0.05) is 18.6 Å². The molecular weight excluding hydrogens is 220 g/mol. The lowest BCUT2D eigenvalue weighted by atomic mass is 9.94. The summed E-state index contributed by atoms with van der Waals surface area (Å²) in [5.74, 6) is 0.195. The summed E-state index contributed by atoms with van der Waals surface area (Å²) in [6, 6.07) is 6.79. The molecule has 5 heteroatoms. The van der Waals surface area contributed by atoms with Gasteiger partial charge < -0.3 is 5.32 Å². The van der Waals surface area contributed by atoms with Crippen LogP contribution >= 0.6 is 0 Å². The number of amides is 1. The van der Waals surface area contributed by atoms with Crippen LogP contribution in [0.25, 0.3) is 0 Å². The number of non-ortho nitro benzene ring substituents is 1. The number of rotatable bonds is 4. The van der Waals surface area contributed by atoms with Crippen LogP contribution in [0.1, 0.15) is 30.7 Å². The first-order valence-electron chi connectivity index (χ1n) is 5.66. The van der Waals surface area contributed by atoms with Gasteiger partial charge in [0, 0.05) is 24.1 Å². The number of hydrogen-bond donors (Lipinski definition) is 1. The Morgan fingerprint density at radius 2 is 2.24 bits per heavy atom. The van der Waals surface area contributed by atoms with Gasteiger partial charge in [0.25, 0.3) is 5.69 Å². The molecule has 1 saturated carbocycles. The number of nitrogens with one attached hydrogen (secondary N) is 1. The van der Waals surface area contributed by atoms with E-state index in [4.69, 9.17) is 0 Å². The monoisotopic (exact) mass is 234 g/mol. The molecule has 2 rings (SSSR count). The molecule has 1 aliphatic rings. The second-order valence-corrected chi connectivity index (χ2v) is 4.28. The number of carbonyl (C=O) groups excluding carboxylic acids is 1. The number of nitro benzene ring substituents is 1. The van der Waals surface area contributed by atoms with Gasteiger partial charge in [0.1, 0.15) is 0 Å². The predicted octanol–water partition coefficient (Wildman–Crippen LogP) is 1.98. The van der Waals surface area contributed by atoms with E-state index in [2.05, 4.69) is 5.32 Å². The van der Waals surface area contributed by atoms with Crippen molar-refractivity contribution in [3.8, 4) is 0 Å². The molecule has 0 saturated heterocycles. The molecule has 0 radical (unpaired) electrons. The summed E-state index contributed by atoms with van der Waals surface area (Å²) in [4.78, 5) is 20.8. The van der Waals surface area contributed by atoms with Crippen molar-refractivity contribution in [2.24, 2.45) is 0 Å². The van der Waals surface area contributed by atoms with Crippen molar-refractivity contribution in [3.05, 3.63) is 39.9 Å². The van der Waals surface area contributed by atoms with E-state index >= 15 is 0 Å². The first kappa shape index (κ1) is 11.6. The van der Waals surface area contributed by atoms with Crippen molar-refractivity contribution >= 4 is 12.1 Å². The van der Waals surface area contributed by atoms with E-state index in [0.29, 0.717) is 6.41 Å². The third-order valence-corrected chi connectivity index (χ3v) is 3.31. The van der Waals surface area contributed by atoms with Crippen molar-refractivity contribution < 1.29 is 9.72 Å². The number of nitro groups is 1. The summed E-state index contributed by atoms with van der Waals surface area (Å²) in [6.45, 7) is 0. The first-order chi connectivity index (χ1) is 8.22. The van der Waals surface area contributed by atoms with Crippen LogP contribution in [-0.2, 0) is 4.79 Å². The summed E-state index contributed by atoms with van der Waals surface area (Å²) < 4.78 is 0. The third-order valence-electron chi connectivity index (χ3n) is 3.31. The Hall–Kier alpha value is -1.91. The standard InChI is InChI=1S/C12H14N2O3/c15-8-13-12-6-2-5-11(12)9-3-1-4-10(7-9)14(16)17/h1,3-4,7-8,11-12H,2,5-6H2,(H,13,15)/t11-,12+/m0/s1. The molecule has 0 aromatic heterocycles. The molecule has 1 fully saturated rings. The smallest absolute Gasteiger partial charge is 0.269 e.